The van der Waals surface area contributed by atoms with Gasteiger partial charge in [-0.1, -0.05) is 28.8 Å². The third kappa shape index (κ3) is 4.35. The van der Waals surface area contributed by atoms with E-state index in [-0.39, 0.29) is 17.0 Å². The minimum absolute atomic E-state index is 0.0932. The number of alkyl halides is 1. The predicted octanol–water partition coefficient (Wildman–Crippen LogP) is 3.33. The fourth-order valence-corrected chi connectivity index (χ4v) is 3.25. The minimum Gasteiger partial charge on any atom is -0.444 e. The second-order valence-corrected chi connectivity index (χ2v) is 7.66. The van der Waals surface area contributed by atoms with Crippen LogP contribution in [-0.2, 0) is 9.47 Å². The van der Waals surface area contributed by atoms with Crippen LogP contribution in [0.15, 0.2) is 0 Å². The Morgan fingerprint density at radius 1 is 1.21 bits per heavy atom. The van der Waals surface area contributed by atoms with E-state index in [0.717, 1.165) is 12.8 Å². The van der Waals surface area contributed by atoms with Crippen LogP contribution in [0.5, 0.6) is 0 Å². The molecule has 1 aliphatic heterocycles. The smallest absolute Gasteiger partial charge is 0.410 e. The van der Waals surface area contributed by atoms with Crippen molar-refractivity contribution < 1.29 is 14.3 Å². The molecule has 0 N–H and O–H groups in total. The van der Waals surface area contributed by atoms with Crippen LogP contribution in [-0.4, -0.2) is 46.7 Å². The van der Waals surface area contributed by atoms with Crippen LogP contribution in [0.25, 0.3) is 0 Å². The lowest BCUT2D eigenvalue weighted by molar-refractivity contribution is -0.00533. The Morgan fingerprint density at radius 2 is 1.84 bits per heavy atom. The molecule has 4 nitrogen and oxygen atoms in total. The van der Waals surface area contributed by atoms with Gasteiger partial charge in [-0.2, -0.15) is 0 Å². The van der Waals surface area contributed by atoms with Crippen LogP contribution in [0.4, 0.5) is 4.79 Å². The number of rotatable bonds is 2. The van der Waals surface area contributed by atoms with Gasteiger partial charge < -0.3 is 14.4 Å². The fourth-order valence-electron chi connectivity index (χ4n) is 2.61. The van der Waals surface area contributed by atoms with Crippen molar-refractivity contribution in [1.82, 2.24) is 4.90 Å². The Labute approximate surface area is 123 Å². The zero-order valence-corrected chi connectivity index (χ0v) is 13.6. The molecule has 0 aromatic heterocycles. The van der Waals surface area contributed by atoms with E-state index in [1.54, 1.807) is 4.90 Å². The number of carbonyl (C=O) groups excluding carboxylic acids is 1. The van der Waals surface area contributed by atoms with Gasteiger partial charge in [-0.3, -0.25) is 0 Å². The van der Waals surface area contributed by atoms with Gasteiger partial charge in [0.1, 0.15) is 5.60 Å². The maximum Gasteiger partial charge on any atom is 0.410 e. The third-order valence-corrected chi connectivity index (χ3v) is 4.40. The lowest BCUT2D eigenvalue weighted by Gasteiger charge is -2.24. The van der Waals surface area contributed by atoms with Crippen molar-refractivity contribution in [2.75, 3.05) is 13.1 Å². The number of nitrogens with zero attached hydrogens (tertiary/aromatic N) is 1. The lowest BCUT2D eigenvalue weighted by Crippen LogP contribution is -2.36. The highest BCUT2D eigenvalue weighted by Crippen LogP contribution is 2.28. The number of ether oxygens (including phenoxy) is 2. The maximum absolute atomic E-state index is 12.0. The molecule has 0 aromatic rings. The predicted molar refractivity (Wildman–Crippen MR) is 77.7 cm³/mol. The Morgan fingerprint density at radius 3 is 2.42 bits per heavy atom. The van der Waals surface area contributed by atoms with Gasteiger partial charge in [0.2, 0.25) is 0 Å². The summed E-state index contributed by atoms with van der Waals surface area (Å²) < 4.78 is 11.5. The summed E-state index contributed by atoms with van der Waals surface area (Å²) in [5.74, 6) is 0. The average Bonchev–Trinajstić information content (AvgIpc) is 2.88. The van der Waals surface area contributed by atoms with E-state index in [4.69, 9.17) is 9.47 Å². The van der Waals surface area contributed by atoms with Gasteiger partial charge in [0.25, 0.3) is 0 Å². The van der Waals surface area contributed by atoms with Gasteiger partial charge in [-0.25, -0.2) is 4.79 Å². The van der Waals surface area contributed by atoms with E-state index in [1.165, 1.54) is 12.8 Å². The van der Waals surface area contributed by atoms with Crippen molar-refractivity contribution in [2.45, 2.75) is 69.1 Å². The summed E-state index contributed by atoms with van der Waals surface area (Å²) in [6.07, 6.45) is 5.07. The zero-order chi connectivity index (χ0) is 14.0. The second kappa shape index (κ2) is 6.00. The van der Waals surface area contributed by atoms with Gasteiger partial charge in [0.05, 0.1) is 23.6 Å². The van der Waals surface area contributed by atoms with Gasteiger partial charge in [-0.05, 0) is 33.6 Å². The first-order chi connectivity index (χ1) is 8.85. The Bertz CT molecular complexity index is 323. The van der Waals surface area contributed by atoms with Crippen LogP contribution in [0, 0.1) is 0 Å². The van der Waals surface area contributed by atoms with Crippen LogP contribution in [0.3, 0.4) is 0 Å². The van der Waals surface area contributed by atoms with Gasteiger partial charge >= 0.3 is 6.09 Å². The highest BCUT2D eigenvalue weighted by atomic mass is 79.9. The summed E-state index contributed by atoms with van der Waals surface area (Å²) >= 11 is 3.63. The molecule has 2 fully saturated rings. The molecule has 19 heavy (non-hydrogen) atoms. The van der Waals surface area contributed by atoms with E-state index in [2.05, 4.69) is 15.9 Å². The first kappa shape index (κ1) is 15.1. The quantitative estimate of drug-likeness (QED) is 0.727. The molecule has 110 valence electrons. The van der Waals surface area contributed by atoms with Crippen LogP contribution < -0.4 is 0 Å². The van der Waals surface area contributed by atoms with E-state index >= 15 is 0 Å². The summed E-state index contributed by atoms with van der Waals surface area (Å²) in [5.41, 5.74) is -0.441. The zero-order valence-electron chi connectivity index (χ0n) is 12.0. The summed E-state index contributed by atoms with van der Waals surface area (Å²) in [6.45, 7) is 6.95. The first-order valence-electron chi connectivity index (χ1n) is 7.12. The highest BCUT2D eigenvalue weighted by Gasteiger charge is 2.38. The standard InChI is InChI=1S/C14H24BrNO3/c1-14(2,3)19-13(17)16-8-11(15)12(9-16)18-10-6-4-5-7-10/h10-12H,4-9H2,1-3H3. The number of carbonyl (C=O) groups is 1. The van der Waals surface area contributed by atoms with Crippen molar-refractivity contribution in [1.29, 1.82) is 0 Å². The third-order valence-electron chi connectivity index (χ3n) is 3.52. The SMILES string of the molecule is CC(C)(C)OC(=O)N1CC(Br)C(OC2CCCC2)C1. The summed E-state index contributed by atoms with van der Waals surface area (Å²) in [6, 6.07) is 0. The van der Waals surface area contributed by atoms with Crippen LogP contribution in [0.2, 0.25) is 0 Å². The molecular formula is C14H24BrNO3. The molecule has 1 heterocycles. The van der Waals surface area contributed by atoms with E-state index < -0.39 is 5.60 Å². The molecular weight excluding hydrogens is 310 g/mol. The van der Waals surface area contributed by atoms with Crippen molar-refractivity contribution >= 4 is 22.0 Å². The normalized spacial score (nSPS) is 28.9. The van der Waals surface area contributed by atoms with Crippen molar-refractivity contribution in [3.05, 3.63) is 0 Å². The second-order valence-electron chi connectivity index (χ2n) is 6.48. The number of hydrogen-bond acceptors (Lipinski definition) is 3. The number of hydrogen-bond donors (Lipinski definition) is 0. The van der Waals surface area contributed by atoms with Crippen molar-refractivity contribution in [3.8, 4) is 0 Å². The lowest BCUT2D eigenvalue weighted by atomic mass is 10.2. The Kier molecular flexibility index (Phi) is 4.77. The Balaban J connectivity index is 1.84. The molecule has 0 aromatic carbocycles. The summed E-state index contributed by atoms with van der Waals surface area (Å²) in [7, 11) is 0. The highest BCUT2D eigenvalue weighted by molar-refractivity contribution is 9.09. The van der Waals surface area contributed by atoms with Crippen molar-refractivity contribution in [2.24, 2.45) is 0 Å². The van der Waals surface area contributed by atoms with Gasteiger partial charge in [0.15, 0.2) is 0 Å². The van der Waals surface area contributed by atoms with E-state index in [9.17, 15) is 4.79 Å². The molecule has 1 saturated carbocycles. The average molecular weight is 334 g/mol. The summed E-state index contributed by atoms with van der Waals surface area (Å²) in [5, 5.41) is 0. The molecule has 0 spiro atoms. The maximum atomic E-state index is 12.0. The van der Waals surface area contributed by atoms with E-state index in [1.807, 2.05) is 20.8 Å². The van der Waals surface area contributed by atoms with Crippen LogP contribution >= 0.6 is 15.9 Å². The van der Waals surface area contributed by atoms with Crippen molar-refractivity contribution in [3.63, 3.8) is 0 Å². The topological polar surface area (TPSA) is 38.8 Å². The molecule has 1 aliphatic carbocycles. The largest absolute Gasteiger partial charge is 0.444 e. The van der Waals surface area contributed by atoms with Gasteiger partial charge in [0, 0.05) is 6.54 Å². The Hall–Kier alpha value is -0.290. The number of likely N-dealkylation sites (tertiary alicyclic amines) is 1. The molecule has 1 saturated heterocycles. The molecule has 0 bridgehead atoms. The van der Waals surface area contributed by atoms with Gasteiger partial charge in [-0.15, -0.1) is 0 Å². The molecule has 2 atom stereocenters. The number of amides is 1. The molecule has 2 aliphatic rings. The summed E-state index contributed by atoms with van der Waals surface area (Å²) in [4.78, 5) is 14.0. The first-order valence-corrected chi connectivity index (χ1v) is 8.04. The monoisotopic (exact) mass is 333 g/mol. The fraction of sp³-hybridized carbons (Fsp3) is 0.929. The molecule has 1 amide bonds. The molecule has 2 unspecified atom stereocenters. The number of halogens is 1. The van der Waals surface area contributed by atoms with Crippen LogP contribution in [0.1, 0.15) is 46.5 Å². The van der Waals surface area contributed by atoms with E-state index in [0.29, 0.717) is 19.2 Å². The molecule has 2 rings (SSSR count). The molecule has 5 heteroatoms. The molecule has 0 radical (unpaired) electrons. The minimum atomic E-state index is -0.441.